The molecule has 12 nitrogen and oxygen atoms in total. The second kappa shape index (κ2) is 11.7. The second-order valence-corrected chi connectivity index (χ2v) is 5.49. The van der Waals surface area contributed by atoms with E-state index in [4.69, 9.17) is 14.6 Å². The Bertz CT molecular complexity index is 557. The number of hydrogen-bond acceptors (Lipinski definition) is 11. The van der Waals surface area contributed by atoms with Crippen LogP contribution in [0.25, 0.3) is 0 Å². The van der Waals surface area contributed by atoms with Crippen molar-refractivity contribution in [3.63, 3.8) is 0 Å². The number of aldehydes is 1. The normalized spacial score (nSPS) is 26.3. The van der Waals surface area contributed by atoms with Crippen molar-refractivity contribution in [3.8, 4) is 0 Å². The van der Waals surface area contributed by atoms with Gasteiger partial charge in [0, 0.05) is 6.92 Å². The minimum Gasteiger partial charge on any atom is -0.542 e. The minimum absolute atomic E-state index is 0. The van der Waals surface area contributed by atoms with E-state index in [1.165, 1.54) is 0 Å². The van der Waals surface area contributed by atoms with Crippen molar-refractivity contribution in [2.75, 3.05) is 6.61 Å². The Labute approximate surface area is 175 Å². The van der Waals surface area contributed by atoms with Gasteiger partial charge in [-0.05, 0) is 6.08 Å². The molecule has 1 aliphatic rings. The zero-order valence-electron chi connectivity index (χ0n) is 14.6. The third kappa shape index (κ3) is 7.10. The van der Waals surface area contributed by atoms with Crippen molar-refractivity contribution in [1.82, 2.24) is 5.32 Å². The number of carbonyl (C=O) groups is 3. The van der Waals surface area contributed by atoms with Gasteiger partial charge in [-0.1, -0.05) is 0 Å². The van der Waals surface area contributed by atoms with Gasteiger partial charge < -0.3 is 55.0 Å². The number of hydrogen-bond donors (Lipinski definition) is 6. The van der Waals surface area contributed by atoms with Crippen LogP contribution in [0.3, 0.4) is 0 Å². The van der Waals surface area contributed by atoms with Gasteiger partial charge in [-0.2, -0.15) is 0 Å². The zero-order valence-corrected chi connectivity index (χ0v) is 16.6. The van der Waals surface area contributed by atoms with Crippen molar-refractivity contribution in [2.45, 2.75) is 49.8 Å². The Morgan fingerprint density at radius 1 is 1.41 bits per heavy atom. The molecule has 13 heteroatoms. The van der Waals surface area contributed by atoms with E-state index in [9.17, 15) is 39.9 Å². The van der Waals surface area contributed by atoms with Crippen LogP contribution in [-0.2, 0) is 23.9 Å². The fraction of sp³-hybridized carbons (Fsp3) is 0.643. The summed E-state index contributed by atoms with van der Waals surface area (Å²) in [5.74, 6) is -3.40. The number of nitrogens with one attached hydrogen (secondary N) is 1. The minimum atomic E-state index is -1.95. The Kier molecular flexibility index (Phi) is 11.2. The van der Waals surface area contributed by atoms with Gasteiger partial charge in [-0.25, -0.2) is 0 Å². The summed E-state index contributed by atoms with van der Waals surface area (Å²) in [6.45, 7) is 0.114. The van der Waals surface area contributed by atoms with E-state index in [-0.39, 0.29) is 35.8 Å². The molecule has 0 aromatic carbocycles. The molecule has 0 aromatic heterocycles. The molecule has 1 rings (SSSR count). The number of ether oxygens (including phenoxy) is 2. The average Bonchev–Trinajstić information content (AvgIpc) is 2.59. The Balaban J connectivity index is 0.00000676. The van der Waals surface area contributed by atoms with Gasteiger partial charge in [0.25, 0.3) is 0 Å². The molecule has 0 fully saturated rings. The number of carboxylic acids is 1. The smallest absolute Gasteiger partial charge is 0.542 e. The number of aliphatic hydroxyl groups excluding tert-OH is 5. The van der Waals surface area contributed by atoms with E-state index in [1.54, 1.807) is 0 Å². The largest absolute Gasteiger partial charge is 1.00 e. The molecule has 7 unspecified atom stereocenters. The molecule has 7 atom stereocenters. The summed E-state index contributed by atoms with van der Waals surface area (Å²) in [7, 11) is 0. The van der Waals surface area contributed by atoms with E-state index in [0.717, 1.165) is 6.92 Å². The van der Waals surface area contributed by atoms with Crippen LogP contribution in [-0.4, -0.2) is 93.2 Å². The molecule has 0 radical (unpaired) electrons. The molecule has 1 aliphatic heterocycles. The maximum atomic E-state index is 11.2. The second-order valence-electron chi connectivity index (χ2n) is 5.49. The van der Waals surface area contributed by atoms with Crippen LogP contribution in [0.2, 0.25) is 0 Å². The Morgan fingerprint density at radius 3 is 2.44 bits per heavy atom. The first-order chi connectivity index (χ1) is 12.1. The van der Waals surface area contributed by atoms with Crippen LogP contribution < -0.4 is 40.0 Å². The van der Waals surface area contributed by atoms with Gasteiger partial charge in [-0.3, -0.25) is 4.79 Å². The third-order valence-corrected chi connectivity index (χ3v) is 3.47. The number of aliphatic carboxylic acids is 1. The van der Waals surface area contributed by atoms with E-state index in [2.05, 4.69) is 5.32 Å². The molecule has 0 bridgehead atoms. The first kappa shape index (κ1) is 25.9. The van der Waals surface area contributed by atoms with E-state index in [0.29, 0.717) is 6.08 Å². The van der Waals surface area contributed by atoms with Crippen molar-refractivity contribution in [3.05, 3.63) is 11.8 Å². The number of amides is 1. The van der Waals surface area contributed by atoms with Gasteiger partial charge in [0.05, 0.1) is 6.61 Å². The molecule has 0 aliphatic carbocycles. The first-order valence-electron chi connectivity index (χ1n) is 7.43. The fourth-order valence-corrected chi connectivity index (χ4v) is 2.16. The topological polar surface area (TPSA) is 206 Å². The maximum Gasteiger partial charge on any atom is 1.00 e. The van der Waals surface area contributed by atoms with Gasteiger partial charge in [-0.15, -0.1) is 0 Å². The van der Waals surface area contributed by atoms with Gasteiger partial charge >= 0.3 is 29.6 Å². The molecule has 0 saturated heterocycles. The van der Waals surface area contributed by atoms with E-state index < -0.39 is 67.1 Å². The fourth-order valence-electron chi connectivity index (χ4n) is 2.16. The first-order valence-corrected chi connectivity index (χ1v) is 7.43. The number of carbonyl (C=O) groups excluding carboxylic acids is 3. The average molecular weight is 401 g/mol. The molecule has 1 amide bonds. The predicted octanol–water partition coefficient (Wildman–Crippen LogP) is -8.49. The molecule has 27 heavy (non-hydrogen) atoms. The van der Waals surface area contributed by atoms with E-state index >= 15 is 0 Å². The molecule has 0 saturated carbocycles. The van der Waals surface area contributed by atoms with Crippen LogP contribution in [0.15, 0.2) is 11.8 Å². The van der Waals surface area contributed by atoms with Crippen molar-refractivity contribution >= 4 is 18.2 Å². The summed E-state index contributed by atoms with van der Waals surface area (Å²) in [5.41, 5.74) is 0. The van der Waals surface area contributed by atoms with Crippen molar-refractivity contribution < 1.29 is 84.1 Å². The molecular formula is C14H20NNaO11. The molecule has 0 spiro atoms. The quantitative estimate of drug-likeness (QED) is 0.158. The summed E-state index contributed by atoms with van der Waals surface area (Å²) < 4.78 is 9.97. The van der Waals surface area contributed by atoms with E-state index in [1.807, 2.05) is 0 Å². The van der Waals surface area contributed by atoms with Crippen molar-refractivity contribution in [1.29, 1.82) is 0 Å². The van der Waals surface area contributed by atoms with Crippen LogP contribution in [0.5, 0.6) is 0 Å². The van der Waals surface area contributed by atoms with Gasteiger partial charge in [0.2, 0.25) is 12.2 Å². The number of rotatable bonds is 9. The molecule has 148 valence electrons. The summed E-state index contributed by atoms with van der Waals surface area (Å²) >= 11 is 0. The summed E-state index contributed by atoms with van der Waals surface area (Å²) in [6.07, 6.45) is -10.2. The monoisotopic (exact) mass is 401 g/mol. The standard InChI is InChI=1S/C14H21NO11.Na/c1-5(18)15-6(3-16)12(10(21)8(20)4-17)26-14-11(22)7(19)2-9(25-14)13(23)24;/h2-3,6-8,10-12,14,17,19-22H,4H2,1H3,(H,15,18)(H,23,24);/q;+1/p-1. The van der Waals surface area contributed by atoms with Crippen LogP contribution in [0, 0.1) is 0 Å². The van der Waals surface area contributed by atoms with Crippen LogP contribution in [0.4, 0.5) is 0 Å². The molecular weight excluding hydrogens is 381 g/mol. The van der Waals surface area contributed by atoms with Gasteiger partial charge in [0.1, 0.15) is 54.6 Å². The molecule has 6 N–H and O–H groups in total. The Hall–Kier alpha value is -1.09. The summed E-state index contributed by atoms with van der Waals surface area (Å²) in [6, 6.07) is -1.56. The van der Waals surface area contributed by atoms with Gasteiger partial charge in [0.15, 0.2) is 0 Å². The zero-order chi connectivity index (χ0) is 20.0. The molecule has 1 heterocycles. The number of aliphatic hydroxyl groups is 5. The third-order valence-electron chi connectivity index (χ3n) is 3.47. The van der Waals surface area contributed by atoms with Crippen LogP contribution >= 0.6 is 0 Å². The summed E-state index contributed by atoms with van der Waals surface area (Å²) in [4.78, 5) is 33.3. The number of carboxylic acid groups (broad SMARTS) is 1. The predicted molar refractivity (Wildman–Crippen MR) is 77.6 cm³/mol. The van der Waals surface area contributed by atoms with Crippen LogP contribution in [0.1, 0.15) is 6.92 Å². The van der Waals surface area contributed by atoms with Crippen molar-refractivity contribution in [2.24, 2.45) is 0 Å². The SMILES string of the molecule is CC(=O)NC(C=O)C(OC1OC(C(=O)[O-])=CC(O)C1O)C(O)C(O)CO.[Na+]. The summed E-state index contributed by atoms with van der Waals surface area (Å²) in [5, 5.41) is 61.1. The Morgan fingerprint density at radius 2 is 2.00 bits per heavy atom. The molecule has 0 aromatic rings. The maximum absolute atomic E-state index is 11.2.